The predicted octanol–water partition coefficient (Wildman–Crippen LogP) is 2.81. The fraction of sp³-hybridized carbons (Fsp3) is 0.278. The van der Waals surface area contributed by atoms with Gasteiger partial charge in [-0.25, -0.2) is 9.97 Å². The summed E-state index contributed by atoms with van der Waals surface area (Å²) < 4.78 is 11.3. The van der Waals surface area contributed by atoms with Gasteiger partial charge in [0.25, 0.3) is 0 Å². The molecule has 1 aromatic carbocycles. The molecule has 130 valence electrons. The number of aliphatic imine (C=N–C) groups is 1. The zero-order valence-electron chi connectivity index (χ0n) is 14.5. The molecule has 0 bridgehead atoms. The Kier molecular flexibility index (Phi) is 5.13. The first-order chi connectivity index (χ1) is 12.2. The Balaban J connectivity index is 1.54. The number of aryl methyl sites for hydroxylation is 2. The van der Waals surface area contributed by atoms with E-state index in [2.05, 4.69) is 25.6 Å². The molecule has 0 aliphatic heterocycles. The number of hydrogen-bond donors (Lipinski definition) is 2. The second-order valence-corrected chi connectivity index (χ2v) is 5.51. The summed E-state index contributed by atoms with van der Waals surface area (Å²) in [5.41, 5.74) is 1.89. The highest BCUT2D eigenvalue weighted by Gasteiger charge is 2.09. The van der Waals surface area contributed by atoms with Gasteiger partial charge in [0.1, 0.15) is 5.76 Å². The van der Waals surface area contributed by atoms with Crippen molar-refractivity contribution in [3.63, 3.8) is 0 Å². The topological polar surface area (TPSA) is 88.5 Å². The number of nitrogens with one attached hydrogen (secondary N) is 2. The lowest BCUT2D eigenvalue weighted by Gasteiger charge is -2.08. The molecule has 0 fully saturated rings. The van der Waals surface area contributed by atoms with Crippen molar-refractivity contribution in [2.75, 3.05) is 7.05 Å². The first-order valence-corrected chi connectivity index (χ1v) is 8.03. The zero-order chi connectivity index (χ0) is 17.6. The normalized spacial score (nSPS) is 11.6. The van der Waals surface area contributed by atoms with Crippen molar-refractivity contribution in [1.29, 1.82) is 0 Å². The molecule has 3 aromatic rings. The Hall–Kier alpha value is -3.09. The molecule has 2 heterocycles. The van der Waals surface area contributed by atoms with Crippen LogP contribution in [0.3, 0.4) is 0 Å². The number of rotatable bonds is 5. The minimum Gasteiger partial charge on any atom is -0.444 e. The Morgan fingerprint density at radius 2 is 1.76 bits per heavy atom. The average molecular weight is 339 g/mol. The zero-order valence-corrected chi connectivity index (χ0v) is 14.5. The van der Waals surface area contributed by atoms with Crippen molar-refractivity contribution < 1.29 is 8.83 Å². The third kappa shape index (κ3) is 4.26. The number of benzene rings is 1. The molecule has 0 saturated heterocycles. The molecule has 2 aromatic heterocycles. The van der Waals surface area contributed by atoms with Crippen molar-refractivity contribution in [2.24, 2.45) is 4.99 Å². The molecule has 3 rings (SSSR count). The van der Waals surface area contributed by atoms with Crippen molar-refractivity contribution in [2.45, 2.75) is 26.9 Å². The fourth-order valence-electron chi connectivity index (χ4n) is 2.28. The summed E-state index contributed by atoms with van der Waals surface area (Å²) in [6, 6.07) is 9.87. The molecule has 0 radical (unpaired) electrons. The van der Waals surface area contributed by atoms with Crippen molar-refractivity contribution >= 4 is 5.96 Å². The van der Waals surface area contributed by atoms with E-state index in [4.69, 9.17) is 8.83 Å². The Bertz CT molecular complexity index is 832. The minimum absolute atomic E-state index is 0.427. The van der Waals surface area contributed by atoms with Gasteiger partial charge in [-0.15, -0.1) is 0 Å². The lowest BCUT2D eigenvalue weighted by atomic mass is 10.2. The summed E-state index contributed by atoms with van der Waals surface area (Å²) in [5, 5.41) is 6.30. The Morgan fingerprint density at radius 1 is 1.04 bits per heavy atom. The number of guanidine groups is 1. The lowest BCUT2D eigenvalue weighted by Crippen LogP contribution is -2.36. The van der Waals surface area contributed by atoms with E-state index in [1.165, 1.54) is 0 Å². The molecular weight excluding hydrogens is 318 g/mol. The fourth-order valence-corrected chi connectivity index (χ4v) is 2.28. The van der Waals surface area contributed by atoms with Gasteiger partial charge < -0.3 is 19.5 Å². The Morgan fingerprint density at radius 3 is 2.40 bits per heavy atom. The first-order valence-electron chi connectivity index (χ1n) is 8.03. The number of nitrogens with zero attached hydrogens (tertiary/aromatic N) is 3. The predicted molar refractivity (Wildman–Crippen MR) is 95.0 cm³/mol. The SMILES string of the molecule is CN=C(NCc1ncc(-c2ccccc2)o1)NCc1nc(C)c(C)o1. The third-order valence-electron chi connectivity index (χ3n) is 3.72. The van der Waals surface area contributed by atoms with Gasteiger partial charge in [0.2, 0.25) is 11.8 Å². The van der Waals surface area contributed by atoms with Crippen LogP contribution in [0.5, 0.6) is 0 Å². The van der Waals surface area contributed by atoms with Gasteiger partial charge in [-0.1, -0.05) is 30.3 Å². The molecule has 0 spiro atoms. The largest absolute Gasteiger partial charge is 0.444 e. The van der Waals surface area contributed by atoms with E-state index >= 15 is 0 Å². The molecule has 2 N–H and O–H groups in total. The summed E-state index contributed by atoms with van der Waals surface area (Å²) in [7, 11) is 1.70. The van der Waals surface area contributed by atoms with Gasteiger partial charge in [-0.3, -0.25) is 4.99 Å². The van der Waals surface area contributed by atoms with Crippen LogP contribution in [-0.4, -0.2) is 23.0 Å². The first kappa shape index (κ1) is 16.8. The lowest BCUT2D eigenvalue weighted by molar-refractivity contribution is 0.462. The van der Waals surface area contributed by atoms with E-state index in [1.54, 1.807) is 13.2 Å². The highest BCUT2D eigenvalue weighted by Crippen LogP contribution is 2.19. The van der Waals surface area contributed by atoms with Gasteiger partial charge >= 0.3 is 0 Å². The van der Waals surface area contributed by atoms with Crippen LogP contribution in [0.1, 0.15) is 23.2 Å². The number of aromatic nitrogens is 2. The van der Waals surface area contributed by atoms with Crippen molar-refractivity contribution in [3.05, 3.63) is 59.8 Å². The summed E-state index contributed by atoms with van der Waals surface area (Å²) in [4.78, 5) is 12.8. The van der Waals surface area contributed by atoms with Gasteiger partial charge in [-0.05, 0) is 13.8 Å². The highest BCUT2D eigenvalue weighted by atomic mass is 16.4. The molecule has 0 saturated carbocycles. The molecule has 0 unspecified atom stereocenters. The molecule has 7 heteroatoms. The van der Waals surface area contributed by atoms with E-state index in [0.717, 1.165) is 22.8 Å². The molecule has 0 atom stereocenters. The second kappa shape index (κ2) is 7.65. The van der Waals surface area contributed by atoms with Crippen LogP contribution in [0.15, 0.2) is 50.4 Å². The Labute approximate surface area is 146 Å². The van der Waals surface area contributed by atoms with E-state index in [0.29, 0.717) is 30.8 Å². The van der Waals surface area contributed by atoms with E-state index in [-0.39, 0.29) is 0 Å². The molecule has 0 amide bonds. The van der Waals surface area contributed by atoms with E-state index < -0.39 is 0 Å². The van der Waals surface area contributed by atoms with Crippen LogP contribution >= 0.6 is 0 Å². The maximum absolute atomic E-state index is 5.76. The standard InChI is InChI=1S/C18H21N5O2/c1-12-13(2)24-17(23-12)11-22-18(19-3)21-10-16-20-9-15(25-16)14-7-5-4-6-8-14/h4-9H,10-11H2,1-3H3,(H2,19,21,22). The van der Waals surface area contributed by atoms with Crippen molar-refractivity contribution in [1.82, 2.24) is 20.6 Å². The summed E-state index contributed by atoms with van der Waals surface area (Å²) >= 11 is 0. The third-order valence-corrected chi connectivity index (χ3v) is 3.72. The van der Waals surface area contributed by atoms with Crippen LogP contribution in [0.25, 0.3) is 11.3 Å². The van der Waals surface area contributed by atoms with E-state index in [1.807, 2.05) is 44.2 Å². The molecular formula is C18H21N5O2. The van der Waals surface area contributed by atoms with Gasteiger partial charge in [0, 0.05) is 12.6 Å². The minimum atomic E-state index is 0.427. The smallest absolute Gasteiger partial charge is 0.214 e. The number of hydrogen-bond acceptors (Lipinski definition) is 5. The van der Waals surface area contributed by atoms with Gasteiger partial charge in [0.05, 0.1) is 25.0 Å². The second-order valence-electron chi connectivity index (χ2n) is 5.51. The van der Waals surface area contributed by atoms with Crippen LogP contribution in [0.2, 0.25) is 0 Å². The maximum Gasteiger partial charge on any atom is 0.214 e. The average Bonchev–Trinajstić information content (AvgIpc) is 3.23. The summed E-state index contributed by atoms with van der Waals surface area (Å²) in [6.07, 6.45) is 1.72. The van der Waals surface area contributed by atoms with Crippen LogP contribution < -0.4 is 10.6 Å². The summed E-state index contributed by atoms with van der Waals surface area (Å²) in [5.74, 6) is 3.40. The molecule has 0 aliphatic rings. The van der Waals surface area contributed by atoms with E-state index in [9.17, 15) is 0 Å². The number of oxazole rings is 2. The van der Waals surface area contributed by atoms with Crippen LogP contribution in [0.4, 0.5) is 0 Å². The highest BCUT2D eigenvalue weighted by molar-refractivity contribution is 5.79. The monoisotopic (exact) mass is 339 g/mol. The van der Waals surface area contributed by atoms with Crippen LogP contribution in [-0.2, 0) is 13.1 Å². The molecule has 25 heavy (non-hydrogen) atoms. The van der Waals surface area contributed by atoms with Crippen LogP contribution in [0, 0.1) is 13.8 Å². The van der Waals surface area contributed by atoms with Gasteiger partial charge in [-0.2, -0.15) is 0 Å². The molecule has 0 aliphatic carbocycles. The quantitative estimate of drug-likeness (QED) is 0.549. The summed E-state index contributed by atoms with van der Waals surface area (Å²) in [6.45, 7) is 4.69. The van der Waals surface area contributed by atoms with Gasteiger partial charge in [0.15, 0.2) is 11.7 Å². The maximum atomic E-state index is 5.76. The molecule has 7 nitrogen and oxygen atoms in total. The van der Waals surface area contributed by atoms with Crippen molar-refractivity contribution in [3.8, 4) is 11.3 Å².